The lowest BCUT2D eigenvalue weighted by atomic mass is 9.99. The number of pyridine rings is 2. The van der Waals surface area contributed by atoms with Gasteiger partial charge in [0.25, 0.3) is 5.56 Å². The molecule has 1 atom stereocenters. The first-order valence-corrected chi connectivity index (χ1v) is 10.8. The molecule has 0 radical (unpaired) electrons. The lowest BCUT2D eigenvalue weighted by Crippen LogP contribution is -2.30. The van der Waals surface area contributed by atoms with Crippen molar-refractivity contribution < 1.29 is 9.53 Å². The summed E-state index contributed by atoms with van der Waals surface area (Å²) in [6.45, 7) is 1.86. The smallest absolute Gasteiger partial charge is 0.252 e. The van der Waals surface area contributed by atoms with Crippen LogP contribution in [0.1, 0.15) is 30.5 Å². The minimum Gasteiger partial charge on any atom is -0.495 e. The highest BCUT2D eigenvalue weighted by Crippen LogP contribution is 2.33. The van der Waals surface area contributed by atoms with Gasteiger partial charge in [-0.15, -0.1) is 0 Å². The molecule has 33 heavy (non-hydrogen) atoms. The van der Waals surface area contributed by atoms with Crippen molar-refractivity contribution in [2.75, 3.05) is 7.11 Å². The predicted octanol–water partition coefficient (Wildman–Crippen LogP) is 4.46. The number of rotatable bonds is 7. The van der Waals surface area contributed by atoms with E-state index in [1.165, 1.54) is 23.9 Å². The zero-order valence-corrected chi connectivity index (χ0v) is 18.9. The molecule has 8 heteroatoms. The number of fused-ring (bicyclic) bond motifs is 1. The van der Waals surface area contributed by atoms with Crippen LogP contribution < -0.4 is 10.3 Å². The van der Waals surface area contributed by atoms with E-state index < -0.39 is 6.04 Å². The standard InChI is InChI=1S/C25H21ClN4O3/c1-3-22(23(31)11-16-7-9-30-19(10-16)6-8-28-30)29-15-24(33-2)21(13-25(29)32)20-12-18(26)5-4-17(20)14-27/h4-10,12-13,15,22H,3,11H2,1-2H3. The number of methoxy groups -OCH3 is 1. The first-order valence-electron chi connectivity index (χ1n) is 10.4. The van der Waals surface area contributed by atoms with E-state index in [9.17, 15) is 14.9 Å². The van der Waals surface area contributed by atoms with E-state index in [2.05, 4.69) is 11.2 Å². The van der Waals surface area contributed by atoms with Crippen LogP contribution in [0.4, 0.5) is 0 Å². The molecule has 0 fully saturated rings. The molecule has 166 valence electrons. The summed E-state index contributed by atoms with van der Waals surface area (Å²) >= 11 is 6.13. The van der Waals surface area contributed by atoms with Gasteiger partial charge in [-0.05, 0) is 48.4 Å². The van der Waals surface area contributed by atoms with Crippen LogP contribution in [0.5, 0.6) is 5.75 Å². The summed E-state index contributed by atoms with van der Waals surface area (Å²) < 4.78 is 8.66. The number of ether oxygens (including phenoxy) is 1. The van der Waals surface area contributed by atoms with Gasteiger partial charge < -0.3 is 9.30 Å². The van der Waals surface area contributed by atoms with Gasteiger partial charge in [-0.3, -0.25) is 9.59 Å². The van der Waals surface area contributed by atoms with E-state index >= 15 is 0 Å². The topological polar surface area (TPSA) is 89.4 Å². The van der Waals surface area contributed by atoms with Gasteiger partial charge in [-0.2, -0.15) is 10.4 Å². The van der Waals surface area contributed by atoms with Crippen LogP contribution in [0.3, 0.4) is 0 Å². The summed E-state index contributed by atoms with van der Waals surface area (Å²) in [6.07, 6.45) is 5.66. The molecule has 0 aliphatic carbocycles. The second-order valence-corrected chi connectivity index (χ2v) is 8.04. The number of Topliss-reactive ketones (excluding diaryl/α,β-unsaturated/α-hetero) is 1. The van der Waals surface area contributed by atoms with Crippen LogP contribution in [0.2, 0.25) is 5.02 Å². The summed E-state index contributed by atoms with van der Waals surface area (Å²) in [4.78, 5) is 26.3. The zero-order valence-electron chi connectivity index (χ0n) is 18.2. The molecular weight excluding hydrogens is 440 g/mol. The fraction of sp³-hybridized carbons (Fsp3) is 0.200. The van der Waals surface area contributed by atoms with E-state index in [1.54, 1.807) is 35.1 Å². The van der Waals surface area contributed by atoms with Gasteiger partial charge in [0.1, 0.15) is 5.75 Å². The van der Waals surface area contributed by atoms with Crippen LogP contribution >= 0.6 is 11.6 Å². The Kier molecular flexibility index (Phi) is 6.29. The summed E-state index contributed by atoms with van der Waals surface area (Å²) in [6, 6.07) is 13.3. The molecule has 0 aliphatic rings. The summed E-state index contributed by atoms with van der Waals surface area (Å²) in [5.41, 5.74) is 2.70. The molecule has 0 N–H and O–H groups in total. The van der Waals surface area contributed by atoms with Crippen LogP contribution in [0, 0.1) is 11.3 Å². The maximum atomic E-state index is 13.2. The quantitative estimate of drug-likeness (QED) is 0.406. The third-order valence-electron chi connectivity index (χ3n) is 5.59. The van der Waals surface area contributed by atoms with Crippen molar-refractivity contribution in [3.8, 4) is 22.9 Å². The zero-order chi connectivity index (χ0) is 23.5. The van der Waals surface area contributed by atoms with Crippen molar-refractivity contribution in [1.29, 1.82) is 5.26 Å². The Balaban J connectivity index is 1.71. The molecule has 7 nitrogen and oxygen atoms in total. The van der Waals surface area contributed by atoms with Crippen LogP contribution in [-0.2, 0) is 11.2 Å². The minimum atomic E-state index is -0.656. The monoisotopic (exact) mass is 460 g/mol. The van der Waals surface area contributed by atoms with E-state index in [0.717, 1.165) is 11.1 Å². The summed E-state index contributed by atoms with van der Waals surface area (Å²) in [7, 11) is 1.48. The van der Waals surface area contributed by atoms with Crippen molar-refractivity contribution in [2.24, 2.45) is 0 Å². The van der Waals surface area contributed by atoms with E-state index in [4.69, 9.17) is 16.3 Å². The maximum absolute atomic E-state index is 13.2. The van der Waals surface area contributed by atoms with Crippen molar-refractivity contribution in [1.82, 2.24) is 14.2 Å². The molecular formula is C25H21ClN4O3. The highest BCUT2D eigenvalue weighted by atomic mass is 35.5. The number of carbonyl (C=O) groups excluding carboxylic acids is 1. The van der Waals surface area contributed by atoms with Crippen molar-refractivity contribution in [3.63, 3.8) is 0 Å². The minimum absolute atomic E-state index is 0.0845. The number of benzene rings is 1. The highest BCUT2D eigenvalue weighted by Gasteiger charge is 2.23. The molecule has 4 rings (SSSR count). The van der Waals surface area contributed by atoms with Gasteiger partial charge in [0.15, 0.2) is 5.78 Å². The molecule has 0 saturated heterocycles. The maximum Gasteiger partial charge on any atom is 0.252 e. The average Bonchev–Trinajstić information content (AvgIpc) is 3.28. The van der Waals surface area contributed by atoms with Crippen LogP contribution in [0.15, 0.2) is 65.8 Å². The third kappa shape index (κ3) is 4.38. The molecule has 0 aliphatic heterocycles. The van der Waals surface area contributed by atoms with Gasteiger partial charge in [0.05, 0.1) is 36.5 Å². The SMILES string of the molecule is CCC(C(=O)Cc1ccn2nccc2c1)n1cc(OC)c(-c2cc(Cl)ccc2C#N)cc1=O. The lowest BCUT2D eigenvalue weighted by Gasteiger charge is -2.20. The molecule has 1 aromatic carbocycles. The Morgan fingerprint density at radius 1 is 1.21 bits per heavy atom. The van der Waals surface area contributed by atoms with E-state index in [1.807, 2.05) is 25.1 Å². The number of hydrogen-bond donors (Lipinski definition) is 0. The Morgan fingerprint density at radius 2 is 2.03 bits per heavy atom. The fourth-order valence-corrected chi connectivity index (χ4v) is 4.13. The number of ketones is 1. The third-order valence-corrected chi connectivity index (χ3v) is 5.83. The Morgan fingerprint density at radius 3 is 2.76 bits per heavy atom. The molecule has 0 amide bonds. The van der Waals surface area contributed by atoms with Gasteiger partial charge in [0, 0.05) is 41.0 Å². The van der Waals surface area contributed by atoms with Gasteiger partial charge in [0.2, 0.25) is 0 Å². The van der Waals surface area contributed by atoms with Crippen molar-refractivity contribution >= 4 is 22.9 Å². The second kappa shape index (κ2) is 9.31. The number of nitriles is 1. The molecule has 4 aromatic rings. The normalized spacial score (nSPS) is 11.8. The Hall–Kier alpha value is -3.89. The van der Waals surface area contributed by atoms with Crippen LogP contribution in [-0.4, -0.2) is 27.1 Å². The number of halogens is 1. The number of carbonyl (C=O) groups is 1. The van der Waals surface area contributed by atoms with Gasteiger partial charge >= 0.3 is 0 Å². The van der Waals surface area contributed by atoms with E-state index in [0.29, 0.717) is 33.9 Å². The molecule has 3 aromatic heterocycles. The summed E-state index contributed by atoms with van der Waals surface area (Å²) in [5.74, 6) is 0.291. The number of aromatic nitrogens is 3. The molecule has 3 heterocycles. The van der Waals surface area contributed by atoms with Crippen molar-refractivity contribution in [3.05, 3.63) is 87.6 Å². The lowest BCUT2D eigenvalue weighted by molar-refractivity contribution is -0.121. The van der Waals surface area contributed by atoms with Gasteiger partial charge in [-0.1, -0.05) is 18.5 Å². The Labute approximate surface area is 195 Å². The number of nitrogens with zero attached hydrogens (tertiary/aromatic N) is 4. The molecule has 1 unspecified atom stereocenters. The molecule has 0 spiro atoms. The average molecular weight is 461 g/mol. The van der Waals surface area contributed by atoms with E-state index in [-0.39, 0.29) is 17.8 Å². The van der Waals surface area contributed by atoms with Gasteiger partial charge in [-0.25, -0.2) is 4.52 Å². The molecule has 0 bridgehead atoms. The predicted molar refractivity (Wildman–Crippen MR) is 126 cm³/mol. The molecule has 0 saturated carbocycles. The van der Waals surface area contributed by atoms with Crippen molar-refractivity contribution in [2.45, 2.75) is 25.8 Å². The Bertz CT molecular complexity index is 1450. The fourth-order valence-electron chi connectivity index (χ4n) is 3.96. The summed E-state index contributed by atoms with van der Waals surface area (Å²) in [5, 5.41) is 14.1. The van der Waals surface area contributed by atoms with Crippen LogP contribution in [0.25, 0.3) is 16.6 Å². The largest absolute Gasteiger partial charge is 0.495 e. The second-order valence-electron chi connectivity index (χ2n) is 7.61. The number of hydrogen-bond acceptors (Lipinski definition) is 5. The first kappa shape index (κ1) is 22.3. The first-order chi connectivity index (χ1) is 15.9. The highest BCUT2D eigenvalue weighted by molar-refractivity contribution is 6.31.